The number of ether oxygens (including phenoxy) is 2. The Morgan fingerprint density at radius 1 is 1.43 bits per heavy atom. The van der Waals surface area contributed by atoms with Crippen molar-refractivity contribution in [2.45, 2.75) is 19.1 Å². The van der Waals surface area contributed by atoms with Crippen molar-refractivity contribution in [2.24, 2.45) is 0 Å². The highest BCUT2D eigenvalue weighted by molar-refractivity contribution is 5.94. The Kier molecular flexibility index (Phi) is 5.05. The van der Waals surface area contributed by atoms with Gasteiger partial charge in [0.15, 0.2) is 0 Å². The van der Waals surface area contributed by atoms with Crippen molar-refractivity contribution in [1.82, 2.24) is 15.1 Å². The predicted octanol–water partition coefficient (Wildman–Crippen LogP) is 1.57. The van der Waals surface area contributed by atoms with E-state index < -0.39 is 0 Å². The van der Waals surface area contributed by atoms with E-state index in [9.17, 15) is 4.79 Å². The molecule has 1 aromatic carbocycles. The van der Waals surface area contributed by atoms with Gasteiger partial charge in [-0.2, -0.15) is 5.10 Å². The van der Waals surface area contributed by atoms with Crippen molar-refractivity contribution in [3.05, 3.63) is 53.3 Å². The minimum absolute atomic E-state index is 0.0971. The number of rotatable bonds is 6. The van der Waals surface area contributed by atoms with Gasteiger partial charge < -0.3 is 14.8 Å². The minimum Gasteiger partial charge on any atom is -0.383 e. The van der Waals surface area contributed by atoms with Crippen LogP contribution in [0.25, 0.3) is 0 Å². The lowest BCUT2D eigenvalue weighted by Gasteiger charge is -2.22. The third kappa shape index (κ3) is 3.78. The summed E-state index contributed by atoms with van der Waals surface area (Å²) in [4.78, 5) is 12.1. The molecule has 1 aliphatic rings. The highest BCUT2D eigenvalue weighted by Crippen LogP contribution is 2.25. The molecule has 2 heterocycles. The number of nitrogens with zero attached hydrogens (tertiary/aromatic N) is 2. The van der Waals surface area contributed by atoms with E-state index in [1.54, 1.807) is 19.2 Å². The number of hydrogen-bond donors (Lipinski definition) is 1. The number of carbonyl (C=O) groups is 1. The third-order valence-electron chi connectivity index (χ3n) is 3.87. The smallest absolute Gasteiger partial charge is 0.251 e. The fraction of sp³-hybridized carbons (Fsp3) is 0.412. The van der Waals surface area contributed by atoms with Crippen LogP contribution in [0.3, 0.4) is 0 Å². The number of nitrogens with one attached hydrogen (secondary N) is 1. The summed E-state index contributed by atoms with van der Waals surface area (Å²) in [5.41, 5.74) is 2.75. The second-order valence-electron chi connectivity index (χ2n) is 5.48. The molecule has 6 heteroatoms. The normalized spacial score (nSPS) is 16.8. The lowest BCUT2D eigenvalue weighted by atomic mass is 10.1. The number of aromatic nitrogens is 2. The Bertz CT molecular complexity index is 654. The summed E-state index contributed by atoms with van der Waals surface area (Å²) in [7, 11) is 1.68. The summed E-state index contributed by atoms with van der Waals surface area (Å²) in [6.45, 7) is 2.40. The monoisotopic (exact) mass is 315 g/mol. The quantitative estimate of drug-likeness (QED) is 0.879. The zero-order valence-electron chi connectivity index (χ0n) is 13.2. The minimum atomic E-state index is -0.199. The molecule has 6 nitrogen and oxygen atoms in total. The van der Waals surface area contributed by atoms with Crippen molar-refractivity contribution >= 4 is 5.91 Å². The molecule has 1 aliphatic heterocycles. The Hall–Kier alpha value is -2.18. The highest BCUT2D eigenvalue weighted by atomic mass is 16.5. The molecule has 1 N–H and O–H groups in total. The zero-order valence-corrected chi connectivity index (χ0v) is 13.2. The van der Waals surface area contributed by atoms with Crippen molar-refractivity contribution in [1.29, 1.82) is 0 Å². The molecular weight excluding hydrogens is 294 g/mol. The van der Waals surface area contributed by atoms with E-state index in [1.165, 1.54) is 5.56 Å². The van der Waals surface area contributed by atoms with E-state index in [0.717, 1.165) is 12.1 Å². The van der Waals surface area contributed by atoms with Crippen molar-refractivity contribution < 1.29 is 14.3 Å². The number of hydrogen-bond acceptors (Lipinski definition) is 4. The van der Waals surface area contributed by atoms with Gasteiger partial charge in [0.2, 0.25) is 0 Å². The number of carbonyl (C=O) groups excluding carboxylic acids is 1. The van der Waals surface area contributed by atoms with E-state index in [1.807, 2.05) is 29.1 Å². The average Bonchev–Trinajstić information content (AvgIpc) is 3.02. The topological polar surface area (TPSA) is 65.4 Å². The maximum atomic E-state index is 12.1. The second-order valence-corrected chi connectivity index (χ2v) is 5.48. The summed E-state index contributed by atoms with van der Waals surface area (Å²) in [5.74, 6) is -0.0971. The molecular formula is C17H21N3O3. The lowest BCUT2D eigenvalue weighted by molar-refractivity contribution is 0.0382. The average molecular weight is 315 g/mol. The maximum absolute atomic E-state index is 12.1. The molecule has 2 aromatic rings. The number of fused-ring (bicyclic) bond motifs is 1. The lowest BCUT2D eigenvalue weighted by Crippen LogP contribution is -2.31. The fourth-order valence-corrected chi connectivity index (χ4v) is 2.66. The summed E-state index contributed by atoms with van der Waals surface area (Å²) in [6, 6.07) is 9.17. The summed E-state index contributed by atoms with van der Waals surface area (Å²) in [5, 5.41) is 7.50. The fourth-order valence-electron chi connectivity index (χ4n) is 2.66. The highest BCUT2D eigenvalue weighted by Gasteiger charge is 2.25. The van der Waals surface area contributed by atoms with Gasteiger partial charge >= 0.3 is 0 Å². The molecule has 0 saturated carbocycles. The molecule has 3 rings (SSSR count). The Morgan fingerprint density at radius 3 is 3.04 bits per heavy atom. The first-order valence-corrected chi connectivity index (χ1v) is 7.78. The molecule has 1 aromatic heterocycles. The third-order valence-corrected chi connectivity index (χ3v) is 3.87. The van der Waals surface area contributed by atoms with Gasteiger partial charge in [0.25, 0.3) is 5.91 Å². The van der Waals surface area contributed by atoms with Crippen LogP contribution in [-0.2, 0) is 22.4 Å². The van der Waals surface area contributed by atoms with Crippen LogP contribution in [0.1, 0.15) is 27.7 Å². The Labute approximate surface area is 135 Å². The van der Waals surface area contributed by atoms with E-state index in [4.69, 9.17) is 9.47 Å². The summed E-state index contributed by atoms with van der Waals surface area (Å²) >= 11 is 0. The molecule has 1 atom stereocenters. The SMILES string of the molecule is COCCn1cc2c(n1)[C@@H](CNC(=O)c1ccccc1)OCC2. The van der Waals surface area contributed by atoms with E-state index in [-0.39, 0.29) is 12.0 Å². The van der Waals surface area contributed by atoms with Gasteiger partial charge in [0.1, 0.15) is 6.10 Å². The van der Waals surface area contributed by atoms with Crippen molar-refractivity contribution in [3.63, 3.8) is 0 Å². The van der Waals surface area contributed by atoms with Crippen LogP contribution in [0.2, 0.25) is 0 Å². The van der Waals surface area contributed by atoms with E-state index in [0.29, 0.717) is 31.9 Å². The van der Waals surface area contributed by atoms with Crippen LogP contribution in [-0.4, -0.2) is 42.6 Å². The van der Waals surface area contributed by atoms with Crippen LogP contribution in [0.4, 0.5) is 0 Å². The van der Waals surface area contributed by atoms with Gasteiger partial charge in [-0.3, -0.25) is 9.48 Å². The van der Waals surface area contributed by atoms with Gasteiger partial charge in [0, 0.05) is 25.4 Å². The molecule has 0 fully saturated rings. The first kappa shape index (κ1) is 15.7. The van der Waals surface area contributed by atoms with Crippen LogP contribution in [0.15, 0.2) is 36.5 Å². The first-order valence-electron chi connectivity index (χ1n) is 7.78. The number of amides is 1. The van der Waals surface area contributed by atoms with E-state index in [2.05, 4.69) is 10.4 Å². The largest absolute Gasteiger partial charge is 0.383 e. The molecule has 1 amide bonds. The predicted molar refractivity (Wildman–Crippen MR) is 85.3 cm³/mol. The second kappa shape index (κ2) is 7.39. The molecule has 0 bridgehead atoms. The van der Waals surface area contributed by atoms with Crippen LogP contribution in [0.5, 0.6) is 0 Å². The molecule has 122 valence electrons. The maximum Gasteiger partial charge on any atom is 0.251 e. The number of benzene rings is 1. The van der Waals surface area contributed by atoms with Gasteiger partial charge in [-0.15, -0.1) is 0 Å². The van der Waals surface area contributed by atoms with Gasteiger partial charge in [-0.1, -0.05) is 18.2 Å². The zero-order chi connectivity index (χ0) is 16.1. The molecule has 0 spiro atoms. The summed E-state index contributed by atoms with van der Waals surface area (Å²) in [6.07, 6.45) is 2.70. The van der Waals surface area contributed by atoms with Crippen LogP contribution >= 0.6 is 0 Å². The van der Waals surface area contributed by atoms with Crippen molar-refractivity contribution in [3.8, 4) is 0 Å². The Morgan fingerprint density at radius 2 is 2.26 bits per heavy atom. The van der Waals surface area contributed by atoms with Crippen LogP contribution in [0, 0.1) is 0 Å². The van der Waals surface area contributed by atoms with E-state index >= 15 is 0 Å². The Balaban J connectivity index is 1.64. The van der Waals surface area contributed by atoms with Gasteiger partial charge in [0.05, 0.1) is 25.5 Å². The van der Waals surface area contributed by atoms with Gasteiger partial charge in [-0.25, -0.2) is 0 Å². The van der Waals surface area contributed by atoms with Gasteiger partial charge in [-0.05, 0) is 24.1 Å². The molecule has 23 heavy (non-hydrogen) atoms. The molecule has 0 unspecified atom stereocenters. The first-order chi connectivity index (χ1) is 11.3. The molecule has 0 saturated heterocycles. The summed E-state index contributed by atoms with van der Waals surface area (Å²) < 4.78 is 12.8. The van der Waals surface area contributed by atoms with Crippen LogP contribution < -0.4 is 5.32 Å². The molecule has 0 aliphatic carbocycles. The number of methoxy groups -OCH3 is 1. The molecule has 0 radical (unpaired) electrons. The van der Waals surface area contributed by atoms with Crippen molar-refractivity contribution in [2.75, 3.05) is 26.9 Å². The standard InChI is InChI=1S/C17H21N3O3/c1-22-10-8-20-12-14-7-9-23-15(16(14)19-20)11-18-17(21)13-5-3-2-4-6-13/h2-6,12,15H,7-11H2,1H3,(H,18,21)/t15-/m1/s1.